The lowest BCUT2D eigenvalue weighted by molar-refractivity contribution is -0.128. The molecule has 1 aliphatic rings. The molecule has 0 aromatic heterocycles. The van der Waals surface area contributed by atoms with Crippen molar-refractivity contribution in [2.75, 3.05) is 11.4 Å². The number of carbonyl (C=O) groups is 2. The van der Waals surface area contributed by atoms with Gasteiger partial charge in [-0.15, -0.1) is 0 Å². The largest absolute Gasteiger partial charge is 0.479 e. The van der Waals surface area contributed by atoms with Crippen LogP contribution in [-0.2, 0) is 9.59 Å². The Bertz CT molecular complexity index is 571. The maximum absolute atomic E-state index is 12.3. The Balaban J connectivity index is 2.01. The molecular weight excluding hydrogens is 292 g/mol. The van der Waals surface area contributed by atoms with Gasteiger partial charge in [-0.05, 0) is 44.7 Å². The van der Waals surface area contributed by atoms with Gasteiger partial charge in [-0.2, -0.15) is 0 Å². The predicted molar refractivity (Wildman–Crippen MR) is 90.6 cm³/mol. The summed E-state index contributed by atoms with van der Waals surface area (Å²) in [5.74, 6) is 0.926. The van der Waals surface area contributed by atoms with Gasteiger partial charge in [-0.25, -0.2) is 0 Å². The quantitative estimate of drug-likeness (QED) is 0.877. The van der Waals surface area contributed by atoms with Gasteiger partial charge in [0, 0.05) is 6.04 Å². The molecule has 5 heteroatoms. The van der Waals surface area contributed by atoms with Crippen molar-refractivity contribution in [1.82, 2.24) is 5.32 Å². The van der Waals surface area contributed by atoms with Crippen LogP contribution < -0.4 is 15.0 Å². The molecule has 2 atom stereocenters. The van der Waals surface area contributed by atoms with Crippen LogP contribution in [0.4, 0.5) is 5.69 Å². The van der Waals surface area contributed by atoms with E-state index in [1.54, 1.807) is 13.0 Å². The SMILES string of the molecule is CC(C)CCC(C)NC(=O)CN1C(=O)C(C)Oc2ccccc21. The van der Waals surface area contributed by atoms with Crippen molar-refractivity contribution >= 4 is 17.5 Å². The van der Waals surface area contributed by atoms with E-state index in [1.807, 2.05) is 25.1 Å². The molecule has 126 valence electrons. The van der Waals surface area contributed by atoms with E-state index in [4.69, 9.17) is 4.74 Å². The minimum atomic E-state index is -0.573. The lowest BCUT2D eigenvalue weighted by Crippen LogP contribution is -2.49. The minimum absolute atomic E-state index is 0.0234. The number of rotatable bonds is 6. The number of benzene rings is 1. The second-order valence-electron chi connectivity index (χ2n) is 6.59. The van der Waals surface area contributed by atoms with Gasteiger partial charge in [0.2, 0.25) is 5.91 Å². The van der Waals surface area contributed by atoms with E-state index >= 15 is 0 Å². The Morgan fingerprint density at radius 3 is 2.65 bits per heavy atom. The molecule has 0 saturated carbocycles. The number of hydrogen-bond acceptors (Lipinski definition) is 3. The zero-order valence-electron chi connectivity index (χ0n) is 14.3. The Morgan fingerprint density at radius 2 is 1.96 bits per heavy atom. The van der Waals surface area contributed by atoms with Crippen LogP contribution >= 0.6 is 0 Å². The van der Waals surface area contributed by atoms with E-state index in [9.17, 15) is 9.59 Å². The van der Waals surface area contributed by atoms with Crippen LogP contribution in [0.2, 0.25) is 0 Å². The molecule has 2 rings (SSSR count). The van der Waals surface area contributed by atoms with Gasteiger partial charge in [0.05, 0.1) is 5.69 Å². The summed E-state index contributed by atoms with van der Waals surface area (Å²) in [5.41, 5.74) is 0.653. The van der Waals surface area contributed by atoms with Crippen LogP contribution in [0.15, 0.2) is 24.3 Å². The highest BCUT2D eigenvalue weighted by Crippen LogP contribution is 2.33. The smallest absolute Gasteiger partial charge is 0.268 e. The molecular formula is C18H26N2O3. The zero-order chi connectivity index (χ0) is 17.0. The fourth-order valence-corrected chi connectivity index (χ4v) is 2.64. The Labute approximate surface area is 138 Å². The number of amides is 2. The number of anilines is 1. The van der Waals surface area contributed by atoms with E-state index in [1.165, 1.54) is 4.90 Å². The molecule has 0 bridgehead atoms. The molecule has 0 spiro atoms. The molecule has 1 aromatic rings. The van der Waals surface area contributed by atoms with Crippen molar-refractivity contribution in [3.05, 3.63) is 24.3 Å². The van der Waals surface area contributed by atoms with Crippen LogP contribution in [0, 0.1) is 5.92 Å². The van der Waals surface area contributed by atoms with Crippen molar-refractivity contribution in [3.63, 3.8) is 0 Å². The first-order valence-electron chi connectivity index (χ1n) is 8.25. The summed E-state index contributed by atoms with van der Waals surface area (Å²) in [6, 6.07) is 7.41. The van der Waals surface area contributed by atoms with Gasteiger partial charge in [0.25, 0.3) is 5.91 Å². The van der Waals surface area contributed by atoms with E-state index in [0.29, 0.717) is 17.4 Å². The molecule has 1 heterocycles. The van der Waals surface area contributed by atoms with Crippen molar-refractivity contribution in [2.24, 2.45) is 5.92 Å². The first-order valence-corrected chi connectivity index (χ1v) is 8.25. The van der Waals surface area contributed by atoms with Gasteiger partial charge in [0.15, 0.2) is 6.10 Å². The molecule has 2 amide bonds. The summed E-state index contributed by atoms with van der Waals surface area (Å²) in [6.07, 6.45) is 1.43. The lowest BCUT2D eigenvalue weighted by atomic mass is 10.0. The molecule has 2 unspecified atom stereocenters. The second-order valence-corrected chi connectivity index (χ2v) is 6.59. The van der Waals surface area contributed by atoms with E-state index in [0.717, 1.165) is 12.8 Å². The van der Waals surface area contributed by atoms with Crippen molar-refractivity contribution in [1.29, 1.82) is 0 Å². The summed E-state index contributed by atoms with van der Waals surface area (Å²) in [6.45, 7) is 8.06. The van der Waals surface area contributed by atoms with Crippen LogP contribution in [0.25, 0.3) is 0 Å². The van der Waals surface area contributed by atoms with E-state index in [2.05, 4.69) is 19.2 Å². The monoisotopic (exact) mass is 318 g/mol. The number of hydrogen-bond donors (Lipinski definition) is 1. The van der Waals surface area contributed by atoms with E-state index in [-0.39, 0.29) is 24.4 Å². The molecule has 0 radical (unpaired) electrons. The summed E-state index contributed by atoms with van der Waals surface area (Å²) in [4.78, 5) is 26.1. The average molecular weight is 318 g/mol. The summed E-state index contributed by atoms with van der Waals surface area (Å²) in [7, 11) is 0. The van der Waals surface area contributed by atoms with Crippen molar-refractivity contribution < 1.29 is 14.3 Å². The summed E-state index contributed by atoms with van der Waals surface area (Å²) >= 11 is 0. The number of ether oxygens (including phenoxy) is 1. The third-order valence-corrected chi connectivity index (χ3v) is 3.96. The van der Waals surface area contributed by atoms with Gasteiger partial charge in [-0.1, -0.05) is 26.0 Å². The minimum Gasteiger partial charge on any atom is -0.479 e. The Kier molecular flexibility index (Phi) is 5.64. The standard InChI is InChI=1S/C18H26N2O3/c1-12(2)9-10-13(3)19-17(21)11-20-15-7-5-6-8-16(15)23-14(4)18(20)22/h5-8,12-14H,9-11H2,1-4H3,(H,19,21). The molecule has 1 aromatic carbocycles. The third kappa shape index (κ3) is 4.47. The van der Waals surface area contributed by atoms with Crippen LogP contribution in [0.5, 0.6) is 5.75 Å². The van der Waals surface area contributed by atoms with Gasteiger partial charge < -0.3 is 10.1 Å². The Hall–Kier alpha value is -2.04. The molecule has 1 aliphatic heterocycles. The highest BCUT2D eigenvalue weighted by Gasteiger charge is 2.32. The Morgan fingerprint density at radius 1 is 1.26 bits per heavy atom. The van der Waals surface area contributed by atoms with Gasteiger partial charge in [0.1, 0.15) is 12.3 Å². The number of nitrogens with one attached hydrogen (secondary N) is 1. The highest BCUT2D eigenvalue weighted by atomic mass is 16.5. The first kappa shape index (κ1) is 17.3. The summed E-state index contributed by atoms with van der Waals surface area (Å²) < 4.78 is 5.58. The van der Waals surface area contributed by atoms with Crippen LogP contribution in [-0.4, -0.2) is 30.5 Å². The molecule has 1 N–H and O–H groups in total. The first-order chi connectivity index (χ1) is 10.9. The maximum Gasteiger partial charge on any atom is 0.268 e. The lowest BCUT2D eigenvalue weighted by Gasteiger charge is -2.32. The number of para-hydroxylation sites is 2. The molecule has 0 aliphatic carbocycles. The van der Waals surface area contributed by atoms with Gasteiger partial charge in [-0.3, -0.25) is 14.5 Å². The van der Waals surface area contributed by atoms with E-state index < -0.39 is 6.10 Å². The van der Waals surface area contributed by atoms with Gasteiger partial charge >= 0.3 is 0 Å². The summed E-state index contributed by atoms with van der Waals surface area (Å²) in [5, 5.41) is 2.98. The zero-order valence-corrected chi connectivity index (χ0v) is 14.3. The normalized spacial score (nSPS) is 18.4. The molecule has 5 nitrogen and oxygen atoms in total. The number of carbonyl (C=O) groups excluding carboxylic acids is 2. The molecule has 0 fully saturated rings. The number of nitrogens with zero attached hydrogens (tertiary/aromatic N) is 1. The fourth-order valence-electron chi connectivity index (χ4n) is 2.64. The van der Waals surface area contributed by atoms with Crippen molar-refractivity contribution in [2.45, 2.75) is 52.7 Å². The third-order valence-electron chi connectivity index (χ3n) is 3.96. The topological polar surface area (TPSA) is 58.6 Å². The maximum atomic E-state index is 12.3. The molecule has 0 saturated heterocycles. The predicted octanol–water partition coefficient (Wildman–Crippen LogP) is 2.74. The second kappa shape index (κ2) is 7.49. The highest BCUT2D eigenvalue weighted by molar-refractivity contribution is 6.03. The van der Waals surface area contributed by atoms with Crippen LogP contribution in [0.1, 0.15) is 40.5 Å². The average Bonchev–Trinajstić information content (AvgIpc) is 2.49. The molecule has 23 heavy (non-hydrogen) atoms. The van der Waals surface area contributed by atoms with Crippen molar-refractivity contribution in [3.8, 4) is 5.75 Å². The van der Waals surface area contributed by atoms with Crippen LogP contribution in [0.3, 0.4) is 0 Å². The number of fused-ring (bicyclic) bond motifs is 1. The fraction of sp³-hybridized carbons (Fsp3) is 0.556.